The first kappa shape index (κ1) is 29.6. The van der Waals surface area contributed by atoms with Crippen molar-refractivity contribution in [3.05, 3.63) is 121 Å². The summed E-state index contributed by atoms with van der Waals surface area (Å²) in [5.41, 5.74) is 9.19. The summed E-state index contributed by atoms with van der Waals surface area (Å²) in [5, 5.41) is 13.6. The molecule has 1 unspecified atom stereocenters. The lowest BCUT2D eigenvalue weighted by atomic mass is 9.93. The number of nitrogens with one attached hydrogen (secondary N) is 1. The van der Waals surface area contributed by atoms with Gasteiger partial charge in [-0.1, -0.05) is 74.5 Å². The molecule has 4 aromatic rings. The first-order valence-electron chi connectivity index (χ1n) is 14.4. The summed E-state index contributed by atoms with van der Waals surface area (Å²) in [6, 6.07) is 29.7. The maximum Gasteiger partial charge on any atom is 0.123 e. The molecular weight excluding hydrogens is 505 g/mol. The summed E-state index contributed by atoms with van der Waals surface area (Å²) in [7, 11) is 0. The fourth-order valence-electron chi connectivity index (χ4n) is 5.54. The van der Waals surface area contributed by atoms with Crippen molar-refractivity contribution in [1.29, 1.82) is 5.26 Å². The minimum atomic E-state index is -0.269. The van der Waals surface area contributed by atoms with E-state index in [1.807, 2.05) is 67.6 Å². The van der Waals surface area contributed by atoms with Crippen LogP contribution in [0.4, 0.5) is 10.1 Å². The van der Waals surface area contributed by atoms with E-state index in [-0.39, 0.29) is 17.7 Å². The average molecular weight is 546 g/mol. The molecule has 41 heavy (non-hydrogen) atoms. The summed E-state index contributed by atoms with van der Waals surface area (Å²) in [6.07, 6.45) is 3.46. The largest absolute Gasteiger partial charge is 0.355 e. The van der Waals surface area contributed by atoms with Gasteiger partial charge in [0.05, 0.1) is 11.8 Å². The predicted molar refractivity (Wildman–Crippen MR) is 171 cm³/mol. The van der Waals surface area contributed by atoms with Crippen LogP contribution < -0.4 is 5.32 Å². The Bertz CT molecular complexity index is 1510. The number of halogens is 1. The van der Waals surface area contributed by atoms with Gasteiger partial charge in [-0.05, 0) is 86.1 Å². The van der Waals surface area contributed by atoms with E-state index in [4.69, 9.17) is 0 Å². The van der Waals surface area contributed by atoms with Gasteiger partial charge in [0.15, 0.2) is 0 Å². The average Bonchev–Trinajstić information content (AvgIpc) is 3.31. The Kier molecular flexibility index (Phi) is 9.98. The zero-order chi connectivity index (χ0) is 29.4. The van der Waals surface area contributed by atoms with Crippen LogP contribution in [0.15, 0.2) is 104 Å². The Morgan fingerprint density at radius 3 is 2.12 bits per heavy atom. The third kappa shape index (κ3) is 7.24. The molecule has 0 amide bonds. The molecule has 1 atom stereocenters. The number of anilines is 1. The molecule has 1 heterocycles. The van der Waals surface area contributed by atoms with E-state index in [1.165, 1.54) is 12.1 Å². The molecule has 0 aliphatic carbocycles. The minimum Gasteiger partial charge on any atom is -0.355 e. The van der Waals surface area contributed by atoms with Crippen LogP contribution in [0, 0.1) is 23.1 Å². The number of hydrogen-bond acceptors (Lipinski definition) is 2. The second-order valence-electron chi connectivity index (χ2n) is 11.1. The second-order valence-corrected chi connectivity index (χ2v) is 11.1. The standard InChI is InChI=1S/C37H40FN3/c1-26(2)13-12-14-29(25-39)23-24-41-36(27(3)4)34(28(5)40-33-17-10-7-11-18-33)35(30-15-8-6-9-16-30)37(41)31-19-21-32(38)22-20-31/h6-11,15-22,27,29,40H,1,5,12-14,23-24H2,2-4H3. The van der Waals surface area contributed by atoms with Crippen LogP contribution in [0.25, 0.3) is 28.1 Å². The Morgan fingerprint density at radius 2 is 1.54 bits per heavy atom. The molecule has 0 fully saturated rings. The first-order chi connectivity index (χ1) is 19.8. The summed E-state index contributed by atoms with van der Waals surface area (Å²) >= 11 is 0. The second kappa shape index (κ2) is 13.8. The van der Waals surface area contributed by atoms with E-state index in [0.717, 1.165) is 76.3 Å². The van der Waals surface area contributed by atoms with Crippen LogP contribution >= 0.6 is 0 Å². The summed E-state index contributed by atoms with van der Waals surface area (Å²) in [4.78, 5) is 0. The maximum atomic E-state index is 14.1. The predicted octanol–water partition coefficient (Wildman–Crippen LogP) is 10.4. The quantitative estimate of drug-likeness (QED) is 0.170. The van der Waals surface area contributed by atoms with Gasteiger partial charge in [-0.15, -0.1) is 6.58 Å². The Balaban J connectivity index is 1.91. The number of aromatic nitrogens is 1. The highest BCUT2D eigenvalue weighted by Crippen LogP contribution is 2.45. The van der Waals surface area contributed by atoms with E-state index in [2.05, 4.69) is 55.1 Å². The normalized spacial score (nSPS) is 11.7. The van der Waals surface area contributed by atoms with Crippen molar-refractivity contribution < 1.29 is 4.39 Å². The topological polar surface area (TPSA) is 40.8 Å². The van der Waals surface area contributed by atoms with E-state index in [0.29, 0.717) is 6.54 Å². The van der Waals surface area contributed by atoms with Gasteiger partial charge < -0.3 is 9.88 Å². The maximum absolute atomic E-state index is 14.1. The molecule has 1 N–H and O–H groups in total. The summed E-state index contributed by atoms with van der Waals surface area (Å²) in [6.45, 7) is 15.6. The van der Waals surface area contributed by atoms with Gasteiger partial charge in [-0.25, -0.2) is 4.39 Å². The van der Waals surface area contributed by atoms with Crippen LogP contribution in [-0.4, -0.2) is 4.57 Å². The third-order valence-corrected chi connectivity index (χ3v) is 7.44. The molecule has 0 saturated heterocycles. The van der Waals surface area contributed by atoms with Gasteiger partial charge in [0, 0.05) is 40.7 Å². The van der Waals surface area contributed by atoms with Crippen molar-refractivity contribution in [2.24, 2.45) is 5.92 Å². The van der Waals surface area contributed by atoms with Crippen molar-refractivity contribution in [3.63, 3.8) is 0 Å². The van der Waals surface area contributed by atoms with Crippen molar-refractivity contribution >= 4 is 11.4 Å². The van der Waals surface area contributed by atoms with Crippen molar-refractivity contribution in [3.8, 4) is 28.5 Å². The molecule has 0 bridgehead atoms. The highest BCUT2D eigenvalue weighted by atomic mass is 19.1. The van der Waals surface area contributed by atoms with Crippen molar-refractivity contribution in [2.75, 3.05) is 5.32 Å². The molecule has 0 spiro atoms. The number of allylic oxidation sites excluding steroid dienone is 1. The SMILES string of the molecule is C=C(C)CCCC(C#N)CCn1c(-c2ccc(F)cc2)c(-c2ccccc2)c(C(=C)Nc2ccccc2)c1C(C)C. The lowest BCUT2D eigenvalue weighted by Gasteiger charge is -2.19. The smallest absolute Gasteiger partial charge is 0.123 e. The number of benzene rings is 3. The number of nitriles is 1. The molecule has 3 nitrogen and oxygen atoms in total. The van der Waals surface area contributed by atoms with Crippen LogP contribution in [0.3, 0.4) is 0 Å². The number of rotatable bonds is 13. The van der Waals surface area contributed by atoms with Crippen molar-refractivity contribution in [2.45, 2.75) is 58.9 Å². The van der Waals surface area contributed by atoms with E-state index in [1.54, 1.807) is 0 Å². The molecular formula is C37H40FN3. The molecule has 0 aliphatic rings. The van der Waals surface area contributed by atoms with Crippen molar-refractivity contribution in [1.82, 2.24) is 4.57 Å². The molecule has 210 valence electrons. The Hall–Kier alpha value is -4.36. The molecule has 4 rings (SSSR count). The number of para-hydroxylation sites is 1. The zero-order valence-corrected chi connectivity index (χ0v) is 24.5. The fourth-order valence-corrected chi connectivity index (χ4v) is 5.54. The minimum absolute atomic E-state index is 0.0629. The van der Waals surface area contributed by atoms with Gasteiger partial charge in [0.25, 0.3) is 0 Å². The Labute approximate surface area is 244 Å². The van der Waals surface area contributed by atoms with E-state index in [9.17, 15) is 9.65 Å². The molecule has 0 aliphatic heterocycles. The van der Waals surface area contributed by atoms with Crippen LogP contribution in [0.1, 0.15) is 63.6 Å². The van der Waals surface area contributed by atoms with Gasteiger partial charge in [-0.3, -0.25) is 0 Å². The van der Waals surface area contributed by atoms with Gasteiger partial charge in [0.2, 0.25) is 0 Å². The fraction of sp³-hybridized carbons (Fsp3) is 0.270. The molecule has 4 heteroatoms. The lowest BCUT2D eigenvalue weighted by Crippen LogP contribution is -2.12. The van der Waals surface area contributed by atoms with Gasteiger partial charge >= 0.3 is 0 Å². The third-order valence-electron chi connectivity index (χ3n) is 7.44. The molecule has 0 saturated carbocycles. The number of nitrogens with zero attached hydrogens (tertiary/aromatic N) is 2. The summed E-state index contributed by atoms with van der Waals surface area (Å²) < 4.78 is 16.5. The van der Waals surface area contributed by atoms with E-state index >= 15 is 0 Å². The van der Waals surface area contributed by atoms with E-state index < -0.39 is 0 Å². The van der Waals surface area contributed by atoms with Gasteiger partial charge in [0.1, 0.15) is 5.82 Å². The molecule has 0 radical (unpaired) electrons. The van der Waals surface area contributed by atoms with Gasteiger partial charge in [-0.2, -0.15) is 5.26 Å². The monoisotopic (exact) mass is 545 g/mol. The van der Waals surface area contributed by atoms with Crippen LogP contribution in [-0.2, 0) is 6.54 Å². The number of hydrogen-bond donors (Lipinski definition) is 1. The Morgan fingerprint density at radius 1 is 0.902 bits per heavy atom. The lowest BCUT2D eigenvalue weighted by molar-refractivity contribution is 0.480. The molecule has 3 aromatic carbocycles. The highest BCUT2D eigenvalue weighted by Gasteiger charge is 2.28. The van der Waals surface area contributed by atoms with Crippen LogP contribution in [0.5, 0.6) is 0 Å². The summed E-state index contributed by atoms with van der Waals surface area (Å²) in [5.74, 6) is -0.165. The highest BCUT2D eigenvalue weighted by molar-refractivity contribution is 5.95. The zero-order valence-electron chi connectivity index (χ0n) is 24.5. The van der Waals surface area contributed by atoms with Crippen LogP contribution in [0.2, 0.25) is 0 Å². The first-order valence-corrected chi connectivity index (χ1v) is 14.4. The molecule has 1 aromatic heterocycles.